The Labute approximate surface area is 105 Å². The standard InChI is InChI=1S/C13H28O4/c1-4-5-6-7-8-12-17-13(15-2,16-3)10-9-11-14/h14H,4-12H2,1-3H3. The summed E-state index contributed by atoms with van der Waals surface area (Å²) in [5.74, 6) is -0.979. The normalized spacial score (nSPS) is 12.0. The molecular weight excluding hydrogens is 220 g/mol. The van der Waals surface area contributed by atoms with Crippen molar-refractivity contribution < 1.29 is 19.3 Å². The third kappa shape index (κ3) is 7.71. The summed E-state index contributed by atoms with van der Waals surface area (Å²) < 4.78 is 16.2. The fourth-order valence-electron chi connectivity index (χ4n) is 1.71. The van der Waals surface area contributed by atoms with Crippen LogP contribution in [0.3, 0.4) is 0 Å². The van der Waals surface area contributed by atoms with Crippen LogP contribution in [0.1, 0.15) is 51.9 Å². The summed E-state index contributed by atoms with van der Waals surface area (Å²) in [6, 6.07) is 0. The summed E-state index contributed by atoms with van der Waals surface area (Å²) in [5, 5.41) is 8.82. The van der Waals surface area contributed by atoms with E-state index in [2.05, 4.69) is 6.92 Å². The van der Waals surface area contributed by atoms with Crippen molar-refractivity contribution in [3.05, 3.63) is 0 Å². The lowest BCUT2D eigenvalue weighted by Crippen LogP contribution is -2.37. The average molecular weight is 248 g/mol. The second-order valence-corrected chi connectivity index (χ2v) is 4.18. The van der Waals surface area contributed by atoms with Gasteiger partial charge >= 0.3 is 0 Å². The van der Waals surface area contributed by atoms with Crippen molar-refractivity contribution in [2.45, 2.75) is 57.8 Å². The van der Waals surface area contributed by atoms with Gasteiger partial charge in [0, 0.05) is 27.2 Å². The van der Waals surface area contributed by atoms with E-state index in [1.807, 2.05) is 0 Å². The molecule has 0 radical (unpaired) electrons. The zero-order valence-electron chi connectivity index (χ0n) is 11.5. The predicted octanol–water partition coefficient (Wildman–Crippen LogP) is 2.69. The van der Waals surface area contributed by atoms with Gasteiger partial charge in [0.2, 0.25) is 0 Å². The average Bonchev–Trinajstić information content (AvgIpc) is 2.38. The highest BCUT2D eigenvalue weighted by Crippen LogP contribution is 2.20. The number of rotatable bonds is 12. The number of unbranched alkanes of at least 4 members (excludes halogenated alkanes) is 4. The number of methoxy groups -OCH3 is 2. The third-order valence-electron chi connectivity index (χ3n) is 2.83. The van der Waals surface area contributed by atoms with Gasteiger partial charge in [-0.1, -0.05) is 32.6 Å². The quantitative estimate of drug-likeness (QED) is 0.426. The molecule has 104 valence electrons. The molecule has 4 nitrogen and oxygen atoms in total. The molecule has 4 heteroatoms. The highest BCUT2D eigenvalue weighted by atomic mass is 16.9. The summed E-state index contributed by atoms with van der Waals surface area (Å²) in [4.78, 5) is 0. The molecule has 0 saturated heterocycles. The molecule has 0 aromatic carbocycles. The Balaban J connectivity index is 3.75. The predicted molar refractivity (Wildman–Crippen MR) is 67.8 cm³/mol. The van der Waals surface area contributed by atoms with Gasteiger partial charge < -0.3 is 19.3 Å². The number of hydrogen-bond acceptors (Lipinski definition) is 4. The van der Waals surface area contributed by atoms with Crippen molar-refractivity contribution in [3.63, 3.8) is 0 Å². The lowest BCUT2D eigenvalue weighted by atomic mass is 10.2. The van der Waals surface area contributed by atoms with E-state index < -0.39 is 5.97 Å². The molecule has 17 heavy (non-hydrogen) atoms. The Hall–Kier alpha value is -0.160. The maximum Gasteiger partial charge on any atom is 0.282 e. The van der Waals surface area contributed by atoms with Gasteiger partial charge in [-0.05, 0) is 12.8 Å². The molecule has 0 aromatic heterocycles. The van der Waals surface area contributed by atoms with Gasteiger partial charge in [0.25, 0.3) is 5.97 Å². The largest absolute Gasteiger partial charge is 0.396 e. The van der Waals surface area contributed by atoms with Crippen molar-refractivity contribution >= 4 is 0 Å². The SMILES string of the molecule is CCCCCCCOC(CCCO)(OC)OC. The van der Waals surface area contributed by atoms with Crippen LogP contribution in [0, 0.1) is 0 Å². The van der Waals surface area contributed by atoms with E-state index in [9.17, 15) is 0 Å². The molecule has 0 spiro atoms. The first-order valence-corrected chi connectivity index (χ1v) is 6.59. The maximum absolute atomic E-state index is 8.82. The summed E-state index contributed by atoms with van der Waals surface area (Å²) in [7, 11) is 3.13. The van der Waals surface area contributed by atoms with Crippen LogP contribution in [0.25, 0.3) is 0 Å². The Bertz CT molecular complexity index is 157. The molecule has 1 N–H and O–H groups in total. The summed E-state index contributed by atoms with van der Waals surface area (Å²) in [6.45, 7) is 2.96. The van der Waals surface area contributed by atoms with Crippen molar-refractivity contribution in [1.82, 2.24) is 0 Å². The molecule has 0 heterocycles. The topological polar surface area (TPSA) is 47.9 Å². The number of aliphatic hydroxyl groups excluding tert-OH is 1. The van der Waals surface area contributed by atoms with Crippen LogP contribution in [0.15, 0.2) is 0 Å². The van der Waals surface area contributed by atoms with Gasteiger partial charge in [0.1, 0.15) is 0 Å². The summed E-state index contributed by atoms with van der Waals surface area (Å²) >= 11 is 0. The van der Waals surface area contributed by atoms with Crippen LogP contribution in [0.5, 0.6) is 0 Å². The Morgan fingerprint density at radius 1 is 0.941 bits per heavy atom. The minimum Gasteiger partial charge on any atom is -0.396 e. The van der Waals surface area contributed by atoms with Crippen molar-refractivity contribution in [2.24, 2.45) is 0 Å². The Morgan fingerprint density at radius 2 is 1.59 bits per heavy atom. The molecule has 0 saturated carbocycles. The van der Waals surface area contributed by atoms with Crippen LogP contribution in [-0.4, -0.2) is 38.5 Å². The van der Waals surface area contributed by atoms with E-state index in [1.54, 1.807) is 14.2 Å². The van der Waals surface area contributed by atoms with E-state index in [1.165, 1.54) is 25.7 Å². The molecule has 0 rings (SSSR count). The molecule has 0 aliphatic carbocycles. The molecule has 0 unspecified atom stereocenters. The monoisotopic (exact) mass is 248 g/mol. The minimum absolute atomic E-state index is 0.119. The second kappa shape index (κ2) is 11.0. The van der Waals surface area contributed by atoms with Gasteiger partial charge in [0.15, 0.2) is 0 Å². The van der Waals surface area contributed by atoms with Gasteiger partial charge in [-0.2, -0.15) is 0 Å². The molecule has 0 aliphatic heterocycles. The van der Waals surface area contributed by atoms with Crippen LogP contribution in [-0.2, 0) is 14.2 Å². The van der Waals surface area contributed by atoms with E-state index in [0.717, 1.165) is 6.42 Å². The van der Waals surface area contributed by atoms with Crippen LogP contribution in [0.4, 0.5) is 0 Å². The van der Waals surface area contributed by atoms with Crippen molar-refractivity contribution in [1.29, 1.82) is 0 Å². The minimum atomic E-state index is -0.979. The molecule has 0 aromatic rings. The molecular formula is C13H28O4. The van der Waals surface area contributed by atoms with Crippen LogP contribution < -0.4 is 0 Å². The van der Waals surface area contributed by atoms with Crippen LogP contribution >= 0.6 is 0 Å². The van der Waals surface area contributed by atoms with E-state index >= 15 is 0 Å². The van der Waals surface area contributed by atoms with E-state index in [-0.39, 0.29) is 6.61 Å². The van der Waals surface area contributed by atoms with Crippen LogP contribution in [0.2, 0.25) is 0 Å². The first kappa shape index (κ1) is 16.8. The summed E-state index contributed by atoms with van der Waals surface area (Å²) in [6.07, 6.45) is 7.14. The number of ether oxygens (including phenoxy) is 3. The third-order valence-corrected chi connectivity index (χ3v) is 2.83. The van der Waals surface area contributed by atoms with Crippen molar-refractivity contribution in [3.8, 4) is 0 Å². The fourth-order valence-corrected chi connectivity index (χ4v) is 1.71. The Kier molecular flexibility index (Phi) is 10.9. The van der Waals surface area contributed by atoms with Gasteiger partial charge in [-0.25, -0.2) is 0 Å². The van der Waals surface area contributed by atoms with E-state index in [4.69, 9.17) is 19.3 Å². The van der Waals surface area contributed by atoms with E-state index in [0.29, 0.717) is 19.4 Å². The zero-order valence-corrected chi connectivity index (χ0v) is 11.5. The maximum atomic E-state index is 8.82. The smallest absolute Gasteiger partial charge is 0.282 e. The second-order valence-electron chi connectivity index (χ2n) is 4.18. The van der Waals surface area contributed by atoms with Gasteiger partial charge in [-0.15, -0.1) is 0 Å². The summed E-state index contributed by atoms with van der Waals surface area (Å²) in [5.41, 5.74) is 0. The van der Waals surface area contributed by atoms with Crippen molar-refractivity contribution in [2.75, 3.05) is 27.4 Å². The molecule has 0 amide bonds. The molecule has 0 bridgehead atoms. The fraction of sp³-hybridized carbons (Fsp3) is 1.00. The Morgan fingerprint density at radius 3 is 2.12 bits per heavy atom. The first-order valence-electron chi connectivity index (χ1n) is 6.59. The number of hydrogen-bond donors (Lipinski definition) is 1. The lowest BCUT2D eigenvalue weighted by molar-refractivity contribution is -0.365. The lowest BCUT2D eigenvalue weighted by Gasteiger charge is -2.30. The van der Waals surface area contributed by atoms with Gasteiger partial charge in [-0.3, -0.25) is 0 Å². The molecule has 0 atom stereocenters. The van der Waals surface area contributed by atoms with Gasteiger partial charge in [0.05, 0.1) is 6.61 Å². The highest BCUT2D eigenvalue weighted by molar-refractivity contribution is 4.57. The number of aliphatic hydroxyl groups is 1. The zero-order chi connectivity index (χ0) is 13.0. The first-order chi connectivity index (χ1) is 8.24. The highest BCUT2D eigenvalue weighted by Gasteiger charge is 2.29. The molecule has 0 aliphatic rings. The molecule has 0 fully saturated rings.